The van der Waals surface area contributed by atoms with Crippen LogP contribution in [0.4, 0.5) is 0 Å². The van der Waals surface area contributed by atoms with Crippen molar-refractivity contribution in [3.63, 3.8) is 0 Å². The molecule has 0 unspecified atom stereocenters. The van der Waals surface area contributed by atoms with Crippen LogP contribution in [0.25, 0.3) is 0 Å². The van der Waals surface area contributed by atoms with Gasteiger partial charge in [0.15, 0.2) is 0 Å². The summed E-state index contributed by atoms with van der Waals surface area (Å²) in [5.41, 5.74) is 0. The first kappa shape index (κ1) is 14.4. The lowest BCUT2D eigenvalue weighted by Crippen LogP contribution is -2.33. The summed E-state index contributed by atoms with van der Waals surface area (Å²) in [7, 11) is 0. The quantitative estimate of drug-likeness (QED) is 0.855. The van der Waals surface area contributed by atoms with E-state index in [1.807, 2.05) is 17.0 Å². The van der Waals surface area contributed by atoms with Crippen molar-refractivity contribution in [2.24, 2.45) is 17.8 Å². The fraction of sp³-hybridized carbons (Fsp3) is 0.647. The van der Waals surface area contributed by atoms with Crippen molar-refractivity contribution in [2.45, 2.75) is 39.2 Å². The standard InChI is InChI=1S/C17H24N2O2/c1-12(2)8-17(20)19-10-13-5-6-16(15(13)11-19)21-14-4-3-7-18-9-14/h3-4,7,9,12-13,15-16H,5-6,8,10-11H2,1-2H3/t13-,15+,16-/m1/s1. The lowest BCUT2D eigenvalue weighted by Gasteiger charge is -2.22. The fourth-order valence-corrected chi connectivity index (χ4v) is 3.64. The predicted octanol–water partition coefficient (Wildman–Crippen LogP) is 2.74. The first-order valence-electron chi connectivity index (χ1n) is 7.98. The Morgan fingerprint density at radius 2 is 2.29 bits per heavy atom. The Kier molecular flexibility index (Phi) is 4.13. The Labute approximate surface area is 126 Å². The van der Waals surface area contributed by atoms with E-state index >= 15 is 0 Å². The molecule has 3 atom stereocenters. The van der Waals surface area contributed by atoms with Gasteiger partial charge in [-0.2, -0.15) is 0 Å². The molecule has 114 valence electrons. The second kappa shape index (κ2) is 6.04. The van der Waals surface area contributed by atoms with E-state index in [1.165, 1.54) is 6.42 Å². The van der Waals surface area contributed by atoms with E-state index in [4.69, 9.17) is 4.74 Å². The van der Waals surface area contributed by atoms with Crippen molar-refractivity contribution < 1.29 is 9.53 Å². The number of carbonyl (C=O) groups excluding carboxylic acids is 1. The molecular formula is C17H24N2O2. The Balaban J connectivity index is 1.60. The molecule has 0 aromatic carbocycles. The van der Waals surface area contributed by atoms with Gasteiger partial charge in [-0.1, -0.05) is 13.8 Å². The van der Waals surface area contributed by atoms with Crippen LogP contribution in [-0.4, -0.2) is 35.0 Å². The second-order valence-electron chi connectivity index (χ2n) is 6.74. The Bertz CT molecular complexity index is 489. The van der Waals surface area contributed by atoms with E-state index in [2.05, 4.69) is 18.8 Å². The van der Waals surface area contributed by atoms with Gasteiger partial charge in [0.1, 0.15) is 11.9 Å². The summed E-state index contributed by atoms with van der Waals surface area (Å²) in [5.74, 6) is 2.68. The van der Waals surface area contributed by atoms with Gasteiger partial charge in [-0.05, 0) is 36.8 Å². The number of amides is 1. The van der Waals surface area contributed by atoms with E-state index in [1.54, 1.807) is 12.4 Å². The van der Waals surface area contributed by atoms with Gasteiger partial charge in [-0.15, -0.1) is 0 Å². The molecule has 0 radical (unpaired) electrons. The van der Waals surface area contributed by atoms with E-state index in [0.29, 0.717) is 30.1 Å². The number of hydrogen-bond donors (Lipinski definition) is 0. The Morgan fingerprint density at radius 3 is 3.00 bits per heavy atom. The van der Waals surface area contributed by atoms with Gasteiger partial charge in [-0.25, -0.2) is 0 Å². The smallest absolute Gasteiger partial charge is 0.222 e. The molecule has 3 rings (SSSR count). The average Bonchev–Trinajstić information content (AvgIpc) is 3.01. The minimum absolute atomic E-state index is 0.232. The molecule has 2 fully saturated rings. The Morgan fingerprint density at radius 1 is 1.43 bits per heavy atom. The molecule has 1 aromatic rings. The predicted molar refractivity (Wildman–Crippen MR) is 80.9 cm³/mol. The summed E-state index contributed by atoms with van der Waals surface area (Å²) in [6.07, 6.45) is 6.68. The van der Waals surface area contributed by atoms with Crippen LogP contribution in [0.3, 0.4) is 0 Å². The van der Waals surface area contributed by atoms with Crippen molar-refractivity contribution in [1.29, 1.82) is 0 Å². The van der Waals surface area contributed by atoms with Gasteiger partial charge in [-0.3, -0.25) is 9.78 Å². The van der Waals surface area contributed by atoms with Crippen LogP contribution >= 0.6 is 0 Å². The molecule has 0 N–H and O–H groups in total. The summed E-state index contributed by atoms with van der Waals surface area (Å²) in [4.78, 5) is 18.4. The largest absolute Gasteiger partial charge is 0.488 e. The summed E-state index contributed by atoms with van der Waals surface area (Å²) in [6.45, 7) is 5.98. The topological polar surface area (TPSA) is 42.4 Å². The fourth-order valence-electron chi connectivity index (χ4n) is 3.64. The van der Waals surface area contributed by atoms with Crippen molar-refractivity contribution >= 4 is 5.91 Å². The third kappa shape index (κ3) is 3.20. The number of nitrogens with zero attached hydrogens (tertiary/aromatic N) is 2. The minimum atomic E-state index is 0.232. The highest BCUT2D eigenvalue weighted by Crippen LogP contribution is 2.40. The van der Waals surface area contributed by atoms with Gasteiger partial charge in [0.2, 0.25) is 5.91 Å². The molecule has 0 bridgehead atoms. The van der Waals surface area contributed by atoms with Gasteiger partial charge < -0.3 is 9.64 Å². The first-order chi connectivity index (χ1) is 10.1. The molecule has 1 saturated carbocycles. The van der Waals surface area contributed by atoms with E-state index in [-0.39, 0.29) is 6.10 Å². The number of hydrogen-bond acceptors (Lipinski definition) is 3. The van der Waals surface area contributed by atoms with Crippen molar-refractivity contribution in [1.82, 2.24) is 9.88 Å². The summed E-state index contributed by atoms with van der Waals surface area (Å²) >= 11 is 0. The maximum atomic E-state index is 12.2. The SMILES string of the molecule is CC(C)CC(=O)N1C[C@H]2CC[C@@H](Oc3cccnc3)[C@H]2C1. The minimum Gasteiger partial charge on any atom is -0.488 e. The average molecular weight is 288 g/mol. The summed E-state index contributed by atoms with van der Waals surface area (Å²) in [5, 5.41) is 0. The molecule has 1 saturated heterocycles. The van der Waals surface area contributed by atoms with Crippen molar-refractivity contribution in [3.05, 3.63) is 24.5 Å². The maximum absolute atomic E-state index is 12.2. The molecular weight excluding hydrogens is 264 g/mol. The highest BCUT2D eigenvalue weighted by atomic mass is 16.5. The molecule has 2 heterocycles. The highest BCUT2D eigenvalue weighted by Gasteiger charge is 2.45. The van der Waals surface area contributed by atoms with Crippen LogP contribution in [0.15, 0.2) is 24.5 Å². The van der Waals surface area contributed by atoms with Crippen LogP contribution < -0.4 is 4.74 Å². The monoisotopic (exact) mass is 288 g/mol. The maximum Gasteiger partial charge on any atom is 0.222 e. The number of ether oxygens (including phenoxy) is 1. The molecule has 1 aromatic heterocycles. The lowest BCUT2D eigenvalue weighted by molar-refractivity contribution is -0.131. The van der Waals surface area contributed by atoms with Crippen LogP contribution in [0.1, 0.15) is 33.1 Å². The molecule has 4 nitrogen and oxygen atoms in total. The molecule has 21 heavy (non-hydrogen) atoms. The van der Waals surface area contributed by atoms with E-state index < -0.39 is 0 Å². The summed E-state index contributed by atoms with van der Waals surface area (Å²) in [6, 6.07) is 3.85. The molecule has 1 aliphatic carbocycles. The van der Waals surface area contributed by atoms with Crippen LogP contribution in [0.2, 0.25) is 0 Å². The molecule has 2 aliphatic rings. The first-order valence-corrected chi connectivity index (χ1v) is 7.98. The van der Waals surface area contributed by atoms with Gasteiger partial charge in [0, 0.05) is 31.6 Å². The van der Waals surface area contributed by atoms with Crippen molar-refractivity contribution in [2.75, 3.05) is 13.1 Å². The number of fused-ring (bicyclic) bond motifs is 1. The third-order valence-corrected chi connectivity index (χ3v) is 4.65. The number of likely N-dealkylation sites (tertiary alicyclic amines) is 1. The molecule has 1 amide bonds. The van der Waals surface area contributed by atoms with Crippen LogP contribution in [0, 0.1) is 17.8 Å². The Hall–Kier alpha value is -1.58. The molecule has 4 heteroatoms. The van der Waals surface area contributed by atoms with Crippen molar-refractivity contribution in [3.8, 4) is 5.75 Å². The van der Waals surface area contributed by atoms with Gasteiger partial charge >= 0.3 is 0 Å². The number of aromatic nitrogens is 1. The zero-order chi connectivity index (χ0) is 14.8. The van der Waals surface area contributed by atoms with E-state index in [0.717, 1.165) is 25.3 Å². The highest BCUT2D eigenvalue weighted by molar-refractivity contribution is 5.76. The molecule has 1 aliphatic heterocycles. The zero-order valence-electron chi connectivity index (χ0n) is 12.9. The van der Waals surface area contributed by atoms with E-state index in [9.17, 15) is 4.79 Å². The normalized spacial score (nSPS) is 28.0. The lowest BCUT2D eigenvalue weighted by atomic mass is 9.99. The number of pyridine rings is 1. The van der Waals surface area contributed by atoms with Gasteiger partial charge in [0.25, 0.3) is 0 Å². The molecule has 0 spiro atoms. The van der Waals surface area contributed by atoms with Crippen LogP contribution in [-0.2, 0) is 4.79 Å². The second-order valence-corrected chi connectivity index (χ2v) is 6.74. The summed E-state index contributed by atoms with van der Waals surface area (Å²) < 4.78 is 6.10. The number of rotatable bonds is 4. The van der Waals surface area contributed by atoms with Gasteiger partial charge in [0.05, 0.1) is 6.20 Å². The number of carbonyl (C=O) groups is 1. The zero-order valence-corrected chi connectivity index (χ0v) is 12.9. The van der Waals surface area contributed by atoms with Crippen LogP contribution in [0.5, 0.6) is 5.75 Å². The third-order valence-electron chi connectivity index (χ3n) is 4.65.